The number of nitrogens with zero attached hydrogens (tertiary/aromatic N) is 2. The summed E-state index contributed by atoms with van der Waals surface area (Å²) in [5.74, 6) is 0. The van der Waals surface area contributed by atoms with E-state index in [4.69, 9.17) is 4.74 Å². The maximum atomic E-state index is 4.99. The van der Waals surface area contributed by atoms with E-state index < -0.39 is 0 Å². The highest BCUT2D eigenvalue weighted by Crippen LogP contribution is 2.32. The highest BCUT2D eigenvalue weighted by atomic mass is 79.9. The molecule has 0 saturated carbocycles. The van der Waals surface area contributed by atoms with Crippen molar-refractivity contribution in [2.24, 2.45) is 0 Å². The zero-order valence-electron chi connectivity index (χ0n) is 12.4. The first-order chi connectivity index (χ1) is 10.2. The molecule has 1 aromatic heterocycles. The van der Waals surface area contributed by atoms with Gasteiger partial charge in [-0.25, -0.2) is 0 Å². The number of rotatable bonds is 8. The molecule has 21 heavy (non-hydrogen) atoms. The molecule has 0 spiro atoms. The molecule has 0 aliphatic rings. The van der Waals surface area contributed by atoms with Crippen molar-refractivity contribution in [3.8, 4) is 10.6 Å². The maximum absolute atomic E-state index is 4.99. The van der Waals surface area contributed by atoms with Gasteiger partial charge in [-0.15, -0.1) is 10.2 Å². The van der Waals surface area contributed by atoms with Crippen LogP contribution in [0.3, 0.4) is 0 Å². The Morgan fingerprint density at radius 3 is 2.95 bits per heavy atom. The van der Waals surface area contributed by atoms with Gasteiger partial charge in [-0.1, -0.05) is 29.5 Å². The van der Waals surface area contributed by atoms with Crippen LogP contribution < -0.4 is 5.32 Å². The Hall–Kier alpha value is -0.820. The fourth-order valence-electron chi connectivity index (χ4n) is 1.94. The minimum absolute atomic E-state index is 0.754. The van der Waals surface area contributed by atoms with E-state index >= 15 is 0 Å². The molecule has 1 aromatic carbocycles. The molecule has 6 heteroatoms. The standard InChI is InChI=1S/C15H20BrN3OS/c1-11-5-3-6-12(14(11)16)15-19-18-13(21-15)7-4-8-17-9-10-20-2/h3,5-6,17H,4,7-10H2,1-2H3. The molecule has 0 unspecified atom stereocenters. The fourth-order valence-corrected chi connectivity index (χ4v) is 3.44. The lowest BCUT2D eigenvalue weighted by Crippen LogP contribution is -2.20. The van der Waals surface area contributed by atoms with E-state index in [9.17, 15) is 0 Å². The van der Waals surface area contributed by atoms with Crippen LogP contribution in [0.2, 0.25) is 0 Å². The van der Waals surface area contributed by atoms with Crippen LogP contribution in [0.25, 0.3) is 10.6 Å². The van der Waals surface area contributed by atoms with Crippen LogP contribution in [0.15, 0.2) is 22.7 Å². The Bertz CT molecular complexity index is 574. The van der Waals surface area contributed by atoms with Gasteiger partial charge in [0.1, 0.15) is 10.0 Å². The van der Waals surface area contributed by atoms with Gasteiger partial charge in [0, 0.05) is 30.1 Å². The molecule has 0 bridgehead atoms. The zero-order chi connectivity index (χ0) is 15.1. The third kappa shape index (κ3) is 4.85. The fraction of sp³-hybridized carbons (Fsp3) is 0.467. The molecule has 0 aliphatic heterocycles. The molecule has 0 aliphatic carbocycles. The molecular weight excluding hydrogens is 350 g/mol. The summed E-state index contributed by atoms with van der Waals surface area (Å²) in [5.41, 5.74) is 2.34. The summed E-state index contributed by atoms with van der Waals surface area (Å²) < 4.78 is 6.10. The lowest BCUT2D eigenvalue weighted by molar-refractivity contribution is 0.199. The van der Waals surface area contributed by atoms with Crippen LogP contribution in [0, 0.1) is 6.92 Å². The second-order valence-corrected chi connectivity index (χ2v) is 6.64. The van der Waals surface area contributed by atoms with E-state index in [0.29, 0.717) is 0 Å². The second kappa shape index (κ2) is 8.58. The van der Waals surface area contributed by atoms with Gasteiger partial charge in [0.2, 0.25) is 0 Å². The topological polar surface area (TPSA) is 47.0 Å². The normalized spacial score (nSPS) is 11.0. The Kier molecular flexibility index (Phi) is 6.76. The monoisotopic (exact) mass is 369 g/mol. The van der Waals surface area contributed by atoms with E-state index in [2.05, 4.69) is 56.6 Å². The van der Waals surface area contributed by atoms with Crippen LogP contribution in [0.1, 0.15) is 17.0 Å². The first-order valence-electron chi connectivity index (χ1n) is 7.00. The van der Waals surface area contributed by atoms with Gasteiger partial charge in [0.05, 0.1) is 6.61 Å². The number of benzene rings is 1. The Balaban J connectivity index is 1.88. The molecule has 0 atom stereocenters. The first kappa shape index (κ1) is 16.5. The van der Waals surface area contributed by atoms with Crippen molar-refractivity contribution in [3.63, 3.8) is 0 Å². The van der Waals surface area contributed by atoms with Crippen molar-refractivity contribution in [2.75, 3.05) is 26.8 Å². The van der Waals surface area contributed by atoms with E-state index in [1.54, 1.807) is 18.4 Å². The molecule has 4 nitrogen and oxygen atoms in total. The third-order valence-corrected chi connectivity index (χ3v) is 5.19. The van der Waals surface area contributed by atoms with Crippen molar-refractivity contribution < 1.29 is 4.74 Å². The molecule has 2 rings (SSSR count). The molecule has 0 radical (unpaired) electrons. The number of hydrogen-bond donors (Lipinski definition) is 1. The van der Waals surface area contributed by atoms with Crippen LogP contribution >= 0.6 is 27.3 Å². The number of ether oxygens (including phenoxy) is 1. The molecule has 1 heterocycles. The van der Waals surface area contributed by atoms with Crippen molar-refractivity contribution in [1.29, 1.82) is 0 Å². The zero-order valence-corrected chi connectivity index (χ0v) is 14.8. The minimum Gasteiger partial charge on any atom is -0.383 e. The average Bonchev–Trinajstić information content (AvgIpc) is 2.94. The summed E-state index contributed by atoms with van der Waals surface area (Å²) in [7, 11) is 1.72. The van der Waals surface area contributed by atoms with Gasteiger partial charge < -0.3 is 10.1 Å². The molecule has 2 aromatic rings. The minimum atomic E-state index is 0.754. The first-order valence-corrected chi connectivity index (χ1v) is 8.61. The lowest BCUT2D eigenvalue weighted by atomic mass is 10.1. The predicted molar refractivity (Wildman–Crippen MR) is 90.8 cm³/mol. The molecule has 0 saturated heterocycles. The molecule has 1 N–H and O–H groups in total. The molecule has 114 valence electrons. The SMILES string of the molecule is COCCNCCCc1nnc(-c2cccc(C)c2Br)s1. The highest BCUT2D eigenvalue weighted by molar-refractivity contribution is 9.10. The van der Waals surface area contributed by atoms with Crippen molar-refractivity contribution >= 4 is 27.3 Å². The quantitative estimate of drug-likeness (QED) is 0.723. The largest absolute Gasteiger partial charge is 0.383 e. The Morgan fingerprint density at radius 1 is 1.29 bits per heavy atom. The van der Waals surface area contributed by atoms with Gasteiger partial charge in [-0.2, -0.15) is 0 Å². The molecular formula is C15H20BrN3OS. The van der Waals surface area contributed by atoms with Crippen LogP contribution in [0.5, 0.6) is 0 Å². The number of methoxy groups -OCH3 is 1. The van der Waals surface area contributed by atoms with Gasteiger partial charge in [-0.3, -0.25) is 0 Å². The lowest BCUT2D eigenvalue weighted by Gasteiger charge is -2.03. The van der Waals surface area contributed by atoms with Crippen molar-refractivity contribution in [1.82, 2.24) is 15.5 Å². The van der Waals surface area contributed by atoms with Crippen LogP contribution in [-0.4, -0.2) is 37.0 Å². The summed E-state index contributed by atoms with van der Waals surface area (Å²) in [6, 6.07) is 6.21. The van der Waals surface area contributed by atoms with Gasteiger partial charge in [0.15, 0.2) is 0 Å². The van der Waals surface area contributed by atoms with Gasteiger partial charge >= 0.3 is 0 Å². The number of aryl methyl sites for hydroxylation is 2. The summed E-state index contributed by atoms with van der Waals surface area (Å²) in [5, 5.41) is 14.0. The summed E-state index contributed by atoms with van der Waals surface area (Å²) >= 11 is 5.30. The summed E-state index contributed by atoms with van der Waals surface area (Å²) in [4.78, 5) is 0. The average molecular weight is 370 g/mol. The highest BCUT2D eigenvalue weighted by Gasteiger charge is 2.10. The Labute approximate surface area is 138 Å². The smallest absolute Gasteiger partial charge is 0.148 e. The maximum Gasteiger partial charge on any atom is 0.148 e. The van der Waals surface area contributed by atoms with Crippen molar-refractivity contribution in [2.45, 2.75) is 19.8 Å². The van der Waals surface area contributed by atoms with E-state index in [-0.39, 0.29) is 0 Å². The third-order valence-electron chi connectivity index (χ3n) is 3.12. The van der Waals surface area contributed by atoms with Crippen LogP contribution in [0.4, 0.5) is 0 Å². The molecule has 0 amide bonds. The van der Waals surface area contributed by atoms with Crippen molar-refractivity contribution in [3.05, 3.63) is 33.2 Å². The number of aromatic nitrogens is 2. The van der Waals surface area contributed by atoms with Crippen LogP contribution in [-0.2, 0) is 11.2 Å². The Morgan fingerprint density at radius 2 is 2.14 bits per heavy atom. The molecule has 0 fully saturated rings. The summed E-state index contributed by atoms with van der Waals surface area (Å²) in [6.07, 6.45) is 2.02. The number of nitrogens with one attached hydrogen (secondary N) is 1. The number of hydrogen-bond acceptors (Lipinski definition) is 5. The van der Waals surface area contributed by atoms with Gasteiger partial charge in [-0.05, 0) is 41.4 Å². The number of halogens is 1. The second-order valence-electron chi connectivity index (χ2n) is 4.78. The van der Waals surface area contributed by atoms with E-state index in [0.717, 1.165) is 52.6 Å². The predicted octanol–water partition coefficient (Wildman–Crippen LogP) is 3.44. The van der Waals surface area contributed by atoms with E-state index in [1.807, 2.05) is 0 Å². The summed E-state index contributed by atoms with van der Waals surface area (Å²) in [6.45, 7) is 4.71. The van der Waals surface area contributed by atoms with E-state index in [1.165, 1.54) is 5.56 Å². The van der Waals surface area contributed by atoms with Gasteiger partial charge in [0.25, 0.3) is 0 Å².